The van der Waals surface area contributed by atoms with Crippen LogP contribution in [0.2, 0.25) is 0 Å². The van der Waals surface area contributed by atoms with Crippen molar-refractivity contribution in [3.63, 3.8) is 0 Å². The summed E-state index contributed by atoms with van der Waals surface area (Å²) in [5.74, 6) is 64.5. The second-order valence-electron chi connectivity index (χ2n) is 3.78. The summed E-state index contributed by atoms with van der Waals surface area (Å²) in [6, 6.07) is 2.43. The van der Waals surface area contributed by atoms with Crippen molar-refractivity contribution < 1.29 is 0 Å². The first kappa shape index (κ1) is 24.7. The van der Waals surface area contributed by atoms with E-state index in [1.807, 2.05) is 0 Å². The van der Waals surface area contributed by atoms with E-state index in [-0.39, 0.29) is 0 Å². The van der Waals surface area contributed by atoms with Crippen LogP contribution in [0.15, 0.2) is 4.90 Å². The third kappa shape index (κ3) is 23.7. The topological polar surface area (TPSA) is 12.4 Å². The Kier molecular flexibility index (Phi) is 18.9. The monoisotopic (exact) mass is 377 g/mol. The van der Waals surface area contributed by atoms with Gasteiger partial charge in [0.2, 0.25) is 0 Å². The first-order valence-electron chi connectivity index (χ1n) is 7.81. The Morgan fingerprint density at radius 1 is 0.452 bits per heavy atom. The van der Waals surface area contributed by atoms with Crippen molar-refractivity contribution >= 4 is 7.07 Å². The fourth-order valence-corrected chi connectivity index (χ4v) is 0.885. The Balaban J connectivity index is 4.41. The Morgan fingerprint density at radius 2 is 0.806 bits per heavy atom. The van der Waals surface area contributed by atoms with E-state index in [1.165, 1.54) is 7.07 Å². The number of hydrogen-bond acceptors (Lipinski definition) is 1. The molecule has 0 N–H and O–H groups in total. The summed E-state index contributed by atoms with van der Waals surface area (Å²) in [4.78, 5) is 3.71. The van der Waals surface area contributed by atoms with Crippen LogP contribution in [0.3, 0.4) is 0 Å². The molecule has 0 aliphatic carbocycles. The Bertz CT molecular complexity index is 1610. The van der Waals surface area contributed by atoms with E-state index >= 15 is 0 Å². The Labute approximate surface area is 185 Å². The van der Waals surface area contributed by atoms with Crippen molar-refractivity contribution in [1.29, 1.82) is 0 Å². The van der Waals surface area contributed by atoms with E-state index in [4.69, 9.17) is 6.42 Å². The molecule has 0 aliphatic rings. The second kappa shape index (κ2) is 23.7. The molecule has 0 aromatic heterocycles. The standard InChI is InChI=1S/C29H4BN/c1-3-5-7-9-11-13-15-17-19-21-23-25-27-29-31-30-28-26-24-22-20-18-16-14-12-10-8-6-4-2/h2H,1H3. The third-order valence-corrected chi connectivity index (χ3v) is 1.83. The van der Waals surface area contributed by atoms with E-state index in [2.05, 4.69) is 165 Å². The van der Waals surface area contributed by atoms with Gasteiger partial charge >= 0.3 is 148 Å². The van der Waals surface area contributed by atoms with Crippen molar-refractivity contribution in [1.82, 2.24) is 0 Å². The zero-order valence-electron chi connectivity index (χ0n) is 16.1. The van der Waals surface area contributed by atoms with Gasteiger partial charge < -0.3 is 0 Å². The average molecular weight is 377 g/mol. The molecule has 1 nitrogen and oxygen atoms in total. The predicted molar refractivity (Wildman–Crippen MR) is 124 cm³/mol. The quantitative estimate of drug-likeness (QED) is 0.431. The third-order valence-electron chi connectivity index (χ3n) is 1.83. The molecule has 0 fully saturated rings. The maximum atomic E-state index is 4.92. The van der Waals surface area contributed by atoms with Gasteiger partial charge in [0.1, 0.15) is 0 Å². The fourth-order valence-electron chi connectivity index (χ4n) is 0.885. The summed E-state index contributed by atoms with van der Waals surface area (Å²) >= 11 is 0. The first-order chi connectivity index (χ1) is 15.4. The van der Waals surface area contributed by atoms with Gasteiger partial charge in [-0.2, -0.15) is 0 Å². The Morgan fingerprint density at radius 3 is 1.23 bits per heavy atom. The van der Waals surface area contributed by atoms with Gasteiger partial charge in [-0.05, 0) is 24.7 Å². The minimum Gasteiger partial charge on any atom is -0.0925 e. The molecule has 0 rings (SSSR count). The molecule has 2 heteroatoms. The molecule has 0 aromatic rings. The summed E-state index contributed by atoms with van der Waals surface area (Å²) in [7, 11) is 1.29. The minimum atomic E-state index is 1.29. The summed E-state index contributed by atoms with van der Waals surface area (Å²) in [6.07, 6.45) is 4.92. The molecule has 0 aromatic carbocycles. The van der Waals surface area contributed by atoms with Gasteiger partial charge in [-0.1, -0.05) is 5.92 Å². The molecule has 128 valence electrons. The van der Waals surface area contributed by atoms with Crippen LogP contribution in [0.5, 0.6) is 0 Å². The van der Waals surface area contributed by atoms with Crippen LogP contribution in [0, 0.1) is 166 Å². The van der Waals surface area contributed by atoms with Gasteiger partial charge in [0.05, 0.1) is 0 Å². The van der Waals surface area contributed by atoms with Crippen LogP contribution in [0.25, 0.3) is 0 Å². The smallest absolute Gasteiger partial charge is 0.0925 e. The number of rotatable bonds is 0. The van der Waals surface area contributed by atoms with Crippen molar-refractivity contribution in [2.24, 2.45) is 4.90 Å². The van der Waals surface area contributed by atoms with Crippen LogP contribution >= 0.6 is 0 Å². The van der Waals surface area contributed by atoms with Crippen LogP contribution < -0.4 is 0 Å². The van der Waals surface area contributed by atoms with Crippen LogP contribution in [-0.4, -0.2) is 7.07 Å². The van der Waals surface area contributed by atoms with Gasteiger partial charge in [-0.15, -0.1) is 6.42 Å². The van der Waals surface area contributed by atoms with E-state index in [1.54, 1.807) is 6.92 Å². The zero-order valence-corrected chi connectivity index (χ0v) is 16.1. The molecular weight excluding hydrogens is 373 g/mol. The maximum absolute atomic E-state index is 4.92. The molecule has 0 spiro atoms. The molecule has 0 unspecified atom stereocenters. The zero-order chi connectivity index (χ0) is 22.5. The van der Waals surface area contributed by atoms with Crippen LogP contribution in [-0.2, 0) is 0 Å². The van der Waals surface area contributed by atoms with Crippen LogP contribution in [0.4, 0.5) is 0 Å². The van der Waals surface area contributed by atoms with Gasteiger partial charge in [0.15, 0.2) is 0 Å². The molecular formula is C29H4BN. The van der Waals surface area contributed by atoms with Gasteiger partial charge in [0.25, 0.3) is 0 Å². The molecule has 0 saturated heterocycles. The second-order valence-corrected chi connectivity index (χ2v) is 3.78. The van der Waals surface area contributed by atoms with E-state index in [0.29, 0.717) is 0 Å². The summed E-state index contributed by atoms with van der Waals surface area (Å²) < 4.78 is 0. The number of terminal acetylenes is 1. The SMILES string of the molecule is C#CC#CC#CC#CC#CC#CC#CB=NC#CC#CC#CC#CC#CC#CC#CC. The molecule has 0 radical (unpaired) electrons. The van der Waals surface area contributed by atoms with Gasteiger partial charge in [0, 0.05) is 0 Å². The number of nitrogens with zero attached hydrogens (tertiary/aromatic N) is 1. The predicted octanol–water partition coefficient (Wildman–Crippen LogP) is 0.487. The minimum absolute atomic E-state index is 1.29. The van der Waals surface area contributed by atoms with Crippen molar-refractivity contribution in [2.75, 3.05) is 0 Å². The fraction of sp³-hybridized carbons (Fsp3) is 0.0345. The van der Waals surface area contributed by atoms with Gasteiger partial charge in [-0.25, -0.2) is 0 Å². The molecule has 0 saturated carbocycles. The average Bonchev–Trinajstić information content (AvgIpc) is 2.78. The van der Waals surface area contributed by atoms with Crippen molar-refractivity contribution in [2.45, 2.75) is 6.92 Å². The van der Waals surface area contributed by atoms with Crippen molar-refractivity contribution in [3.05, 3.63) is 0 Å². The van der Waals surface area contributed by atoms with E-state index < -0.39 is 0 Å². The molecule has 0 bridgehead atoms. The summed E-state index contributed by atoms with van der Waals surface area (Å²) in [5, 5.41) is 0. The molecule has 0 atom stereocenters. The normalized spacial score (nSPS) is 4.39. The number of hydrogen-bond donors (Lipinski definition) is 0. The van der Waals surface area contributed by atoms with Gasteiger partial charge in [-0.3, -0.25) is 0 Å². The summed E-state index contributed by atoms with van der Waals surface area (Å²) in [5.41, 5.74) is 0. The molecule has 0 aliphatic heterocycles. The summed E-state index contributed by atoms with van der Waals surface area (Å²) in [6.45, 7) is 1.69. The van der Waals surface area contributed by atoms with E-state index in [9.17, 15) is 0 Å². The van der Waals surface area contributed by atoms with Crippen molar-refractivity contribution in [3.8, 4) is 166 Å². The molecule has 0 heterocycles. The van der Waals surface area contributed by atoms with E-state index in [0.717, 1.165) is 0 Å². The van der Waals surface area contributed by atoms with Crippen LogP contribution in [0.1, 0.15) is 6.92 Å². The first-order valence-corrected chi connectivity index (χ1v) is 7.81. The molecule has 0 amide bonds. The Hall–Kier alpha value is -6.30. The molecule has 31 heavy (non-hydrogen) atoms.